The fraction of sp³-hybridized carbons (Fsp3) is 0.267. The predicted octanol–water partition coefficient (Wildman–Crippen LogP) is 7.33. The third kappa shape index (κ3) is 9.46. The van der Waals surface area contributed by atoms with E-state index in [-0.39, 0.29) is 0 Å². The molecule has 2 N–H and O–H groups in total. The van der Waals surface area contributed by atoms with Gasteiger partial charge in [-0.25, -0.2) is 4.98 Å². The van der Waals surface area contributed by atoms with Gasteiger partial charge in [0.15, 0.2) is 0 Å². The number of benzene rings is 1. The topological polar surface area (TPSA) is 137 Å². The van der Waals surface area contributed by atoms with Gasteiger partial charge in [-0.1, -0.05) is 30.3 Å². The zero-order valence-corrected chi connectivity index (χ0v) is 32.2. The molecule has 0 unspecified atom stereocenters. The molecule has 2 fully saturated rings. The maximum Gasteiger partial charge on any atom is 0.128 e. The molecule has 1 aromatic carbocycles. The largest absolute Gasteiger partial charge is 0.379 e. The summed E-state index contributed by atoms with van der Waals surface area (Å²) in [5.74, 6) is 1.02. The summed E-state index contributed by atoms with van der Waals surface area (Å²) in [7, 11) is 2.15. The van der Waals surface area contributed by atoms with Gasteiger partial charge in [0.1, 0.15) is 18.0 Å². The molecule has 6 aromatic rings. The van der Waals surface area contributed by atoms with Crippen molar-refractivity contribution < 1.29 is 4.74 Å². The molecule has 0 spiro atoms. The van der Waals surface area contributed by atoms with E-state index in [1.54, 1.807) is 12.4 Å². The summed E-state index contributed by atoms with van der Waals surface area (Å²) >= 11 is 0. The van der Waals surface area contributed by atoms with Crippen molar-refractivity contribution in [3.05, 3.63) is 131 Å². The Morgan fingerprint density at radius 2 is 1.34 bits per heavy atom. The van der Waals surface area contributed by atoms with E-state index in [0.29, 0.717) is 11.1 Å². The van der Waals surface area contributed by atoms with E-state index in [1.165, 1.54) is 5.56 Å². The van der Waals surface area contributed by atoms with Gasteiger partial charge in [0, 0.05) is 104 Å². The van der Waals surface area contributed by atoms with E-state index in [2.05, 4.69) is 101 Å². The summed E-state index contributed by atoms with van der Waals surface area (Å²) in [6.45, 7) is 12.6. The molecule has 0 saturated carbocycles. The number of hydrogen-bond acceptors (Lipinski definition) is 9. The van der Waals surface area contributed by atoms with Gasteiger partial charge in [0.05, 0.1) is 35.7 Å². The Kier molecular flexibility index (Phi) is 12.1. The minimum atomic E-state index is 0.668. The molecule has 0 aliphatic carbocycles. The van der Waals surface area contributed by atoms with Crippen LogP contribution in [0.4, 0.5) is 5.82 Å². The number of likely N-dealkylation sites (N-methyl/N-ethyl adjacent to an activating group) is 1. The lowest BCUT2D eigenvalue weighted by atomic mass is 10.1. The fourth-order valence-electron chi connectivity index (χ4n) is 6.82. The Morgan fingerprint density at radius 1 is 0.696 bits per heavy atom. The molecular formula is C45H46N10O. The number of hydrogen-bond donors (Lipinski definition) is 2. The maximum absolute atomic E-state index is 9.16. The molecule has 2 aliphatic heterocycles. The molecule has 8 rings (SSSR count). The van der Waals surface area contributed by atoms with Crippen molar-refractivity contribution in [2.24, 2.45) is 0 Å². The minimum Gasteiger partial charge on any atom is -0.379 e. The standard InChI is InChI=1S/C24H24N4O.C21H22N6/c1-18-22(16-25)15-24(27-18)21-8-9-26-23(14-21)7-6-19-2-4-20(5-3-19)17-28-10-12-29-13-11-28;1-15-18(13-22)12-20(25-15)16-5-6-23-19(11-16)17-3-4-21(24-14-17)27-9-7-26(2)8-10-27/h2-9,14-15,27H,10-13,17H2,1H3;3-6,11-12,14,25H,7-10H2,1-2H3. The van der Waals surface area contributed by atoms with E-state index in [1.807, 2.05) is 62.5 Å². The molecule has 5 aromatic heterocycles. The van der Waals surface area contributed by atoms with Gasteiger partial charge in [0.2, 0.25) is 0 Å². The molecule has 282 valence electrons. The number of H-pyrrole nitrogens is 2. The summed E-state index contributed by atoms with van der Waals surface area (Å²) in [6.07, 6.45) is 9.57. The van der Waals surface area contributed by atoms with Crippen LogP contribution in [0.1, 0.15) is 39.3 Å². The van der Waals surface area contributed by atoms with Gasteiger partial charge in [-0.15, -0.1) is 0 Å². The van der Waals surface area contributed by atoms with E-state index >= 15 is 0 Å². The van der Waals surface area contributed by atoms with Crippen molar-refractivity contribution in [3.8, 4) is 45.9 Å². The summed E-state index contributed by atoms with van der Waals surface area (Å²) in [6, 6.07) is 28.9. The molecule has 2 saturated heterocycles. The predicted molar refractivity (Wildman–Crippen MR) is 221 cm³/mol. The van der Waals surface area contributed by atoms with Crippen LogP contribution in [0, 0.1) is 36.5 Å². The summed E-state index contributed by atoms with van der Waals surface area (Å²) in [4.78, 5) is 27.2. The highest BCUT2D eigenvalue weighted by Crippen LogP contribution is 2.27. The van der Waals surface area contributed by atoms with Gasteiger partial charge in [-0.05, 0) is 86.6 Å². The van der Waals surface area contributed by atoms with E-state index < -0.39 is 0 Å². The maximum atomic E-state index is 9.16. The molecule has 2 aliphatic rings. The van der Waals surface area contributed by atoms with Gasteiger partial charge < -0.3 is 24.5 Å². The Labute approximate surface area is 328 Å². The number of pyridine rings is 3. The second-order valence-electron chi connectivity index (χ2n) is 14.2. The SMILES string of the molecule is Cc1[nH]c(-c2ccnc(-c3ccc(N4CCN(C)CC4)nc3)c2)cc1C#N.Cc1[nH]c(-c2ccnc(C=Cc3ccc(CN4CCOCC4)cc3)c2)cc1C#N. The smallest absolute Gasteiger partial charge is 0.128 e. The Morgan fingerprint density at radius 3 is 1.95 bits per heavy atom. The zero-order valence-electron chi connectivity index (χ0n) is 32.2. The molecular weight excluding hydrogens is 697 g/mol. The highest BCUT2D eigenvalue weighted by molar-refractivity contribution is 5.72. The van der Waals surface area contributed by atoms with Crippen LogP contribution in [-0.2, 0) is 11.3 Å². The Balaban J connectivity index is 0.000000172. The summed E-state index contributed by atoms with van der Waals surface area (Å²) in [5, 5.41) is 18.3. The third-order valence-corrected chi connectivity index (χ3v) is 10.2. The lowest BCUT2D eigenvalue weighted by molar-refractivity contribution is 0.0342. The molecule has 0 bridgehead atoms. The number of piperazine rings is 1. The highest BCUT2D eigenvalue weighted by Gasteiger charge is 2.16. The molecule has 11 nitrogen and oxygen atoms in total. The number of aryl methyl sites for hydroxylation is 2. The molecule has 0 atom stereocenters. The van der Waals surface area contributed by atoms with Crippen LogP contribution in [0.15, 0.2) is 91.4 Å². The Bertz CT molecular complexity index is 2350. The van der Waals surface area contributed by atoms with Crippen molar-refractivity contribution in [2.45, 2.75) is 20.4 Å². The van der Waals surface area contributed by atoms with Gasteiger partial charge in [-0.2, -0.15) is 10.5 Å². The first-order valence-corrected chi connectivity index (χ1v) is 18.9. The van der Waals surface area contributed by atoms with Gasteiger partial charge in [0.25, 0.3) is 0 Å². The second kappa shape index (κ2) is 17.8. The van der Waals surface area contributed by atoms with Crippen molar-refractivity contribution in [3.63, 3.8) is 0 Å². The number of morpholine rings is 1. The van der Waals surface area contributed by atoms with Crippen LogP contribution in [-0.4, -0.2) is 94.2 Å². The van der Waals surface area contributed by atoms with Crippen molar-refractivity contribution in [2.75, 3.05) is 64.4 Å². The number of nitriles is 2. The average molecular weight is 743 g/mol. The number of aromatic nitrogens is 5. The third-order valence-electron chi connectivity index (χ3n) is 10.2. The van der Waals surface area contributed by atoms with Crippen LogP contribution in [0.2, 0.25) is 0 Å². The van der Waals surface area contributed by atoms with E-state index in [4.69, 9.17) is 15.3 Å². The van der Waals surface area contributed by atoms with Crippen LogP contribution in [0.5, 0.6) is 0 Å². The van der Waals surface area contributed by atoms with Crippen molar-refractivity contribution in [1.82, 2.24) is 34.7 Å². The fourth-order valence-corrected chi connectivity index (χ4v) is 6.82. The molecule has 0 amide bonds. The first kappa shape index (κ1) is 37.9. The van der Waals surface area contributed by atoms with Crippen LogP contribution < -0.4 is 4.90 Å². The van der Waals surface area contributed by atoms with Gasteiger partial charge >= 0.3 is 0 Å². The Hall–Kier alpha value is -6.37. The van der Waals surface area contributed by atoms with Gasteiger partial charge in [-0.3, -0.25) is 14.9 Å². The molecule has 11 heteroatoms. The first-order chi connectivity index (χ1) is 27.3. The van der Waals surface area contributed by atoms with E-state index in [0.717, 1.165) is 121 Å². The number of nitrogens with zero attached hydrogens (tertiary/aromatic N) is 8. The average Bonchev–Trinajstić information content (AvgIpc) is 3.83. The highest BCUT2D eigenvalue weighted by atomic mass is 16.5. The first-order valence-electron chi connectivity index (χ1n) is 18.9. The zero-order chi connectivity index (χ0) is 38.9. The van der Waals surface area contributed by atoms with Crippen LogP contribution in [0.3, 0.4) is 0 Å². The number of nitrogens with one attached hydrogen (secondary N) is 2. The minimum absolute atomic E-state index is 0.668. The van der Waals surface area contributed by atoms with Crippen LogP contribution >= 0.6 is 0 Å². The number of anilines is 1. The molecule has 7 heterocycles. The quantitative estimate of drug-likeness (QED) is 0.164. The molecule has 0 radical (unpaired) electrons. The van der Waals surface area contributed by atoms with Crippen molar-refractivity contribution >= 4 is 18.0 Å². The van der Waals surface area contributed by atoms with Crippen molar-refractivity contribution in [1.29, 1.82) is 10.5 Å². The second-order valence-corrected chi connectivity index (χ2v) is 14.2. The van der Waals surface area contributed by atoms with E-state index in [9.17, 15) is 0 Å². The van der Waals surface area contributed by atoms with Crippen LogP contribution in [0.25, 0.3) is 45.9 Å². The normalized spacial score (nSPS) is 14.9. The lowest BCUT2D eigenvalue weighted by Gasteiger charge is -2.33. The number of rotatable bonds is 8. The monoisotopic (exact) mass is 742 g/mol. The number of aromatic amines is 2. The number of ether oxygens (including phenoxy) is 1. The summed E-state index contributed by atoms with van der Waals surface area (Å²) < 4.78 is 5.41. The summed E-state index contributed by atoms with van der Waals surface area (Å²) in [5.41, 5.74) is 12.2. The lowest BCUT2D eigenvalue weighted by Crippen LogP contribution is -2.44. The molecule has 56 heavy (non-hydrogen) atoms.